The fourth-order valence-corrected chi connectivity index (χ4v) is 1.38. The highest BCUT2D eigenvalue weighted by Crippen LogP contribution is 2.17. The molecule has 0 saturated heterocycles. The van der Waals surface area contributed by atoms with Crippen LogP contribution in [-0.4, -0.2) is 16.1 Å². The zero-order chi connectivity index (χ0) is 12.3. The van der Waals surface area contributed by atoms with Gasteiger partial charge in [0, 0.05) is 11.4 Å². The molecule has 86 valence electrons. The van der Waals surface area contributed by atoms with E-state index in [9.17, 15) is 4.79 Å². The molecule has 0 saturated carbocycles. The highest BCUT2D eigenvalue weighted by Gasteiger charge is 2.06. The fraction of sp³-hybridized carbons (Fsp3) is 0.0833. The first-order valence-corrected chi connectivity index (χ1v) is 5.11. The van der Waals surface area contributed by atoms with Crippen molar-refractivity contribution in [2.24, 2.45) is 0 Å². The van der Waals surface area contributed by atoms with Gasteiger partial charge in [0.15, 0.2) is 0 Å². The maximum Gasteiger partial charge on any atom is 0.257 e. The van der Waals surface area contributed by atoms with Crippen molar-refractivity contribution in [2.75, 3.05) is 11.1 Å². The Labute approximate surface area is 98.7 Å². The van der Waals surface area contributed by atoms with E-state index < -0.39 is 0 Å². The van der Waals surface area contributed by atoms with Crippen molar-refractivity contribution in [2.45, 2.75) is 6.92 Å². The molecule has 5 nitrogen and oxygen atoms in total. The van der Waals surface area contributed by atoms with Gasteiger partial charge in [-0.2, -0.15) is 10.2 Å². The molecule has 1 heterocycles. The number of rotatable bonds is 2. The number of anilines is 2. The summed E-state index contributed by atoms with van der Waals surface area (Å²) in [6.45, 7) is 1.89. The summed E-state index contributed by atoms with van der Waals surface area (Å²) in [4.78, 5) is 11.8. The smallest absolute Gasteiger partial charge is 0.257 e. The van der Waals surface area contributed by atoms with Crippen molar-refractivity contribution in [1.29, 1.82) is 0 Å². The summed E-state index contributed by atoms with van der Waals surface area (Å²) in [6.07, 6.45) is 2.89. The summed E-state index contributed by atoms with van der Waals surface area (Å²) in [5, 5.41) is 10.0. The van der Waals surface area contributed by atoms with Gasteiger partial charge in [-0.05, 0) is 36.8 Å². The molecule has 5 heteroatoms. The molecule has 1 aromatic heterocycles. The molecule has 2 aromatic rings. The lowest BCUT2D eigenvalue weighted by molar-refractivity contribution is 0.102. The average molecular weight is 228 g/mol. The number of benzene rings is 1. The Balaban J connectivity index is 2.16. The number of aryl methyl sites for hydroxylation is 1. The Bertz CT molecular complexity index is 539. The van der Waals surface area contributed by atoms with E-state index in [1.54, 1.807) is 18.2 Å². The first kappa shape index (κ1) is 11.1. The van der Waals surface area contributed by atoms with Gasteiger partial charge in [-0.3, -0.25) is 4.79 Å². The number of nitrogens with two attached hydrogens (primary N) is 1. The lowest BCUT2D eigenvalue weighted by atomic mass is 10.2. The number of nitrogens with one attached hydrogen (secondary N) is 1. The second-order valence-electron chi connectivity index (χ2n) is 3.66. The van der Waals surface area contributed by atoms with Gasteiger partial charge in [0.1, 0.15) is 0 Å². The van der Waals surface area contributed by atoms with Crippen molar-refractivity contribution >= 4 is 17.3 Å². The topological polar surface area (TPSA) is 80.9 Å². The van der Waals surface area contributed by atoms with Crippen LogP contribution in [-0.2, 0) is 0 Å². The lowest BCUT2D eigenvalue weighted by Gasteiger charge is -2.07. The SMILES string of the molecule is Cc1cc(NC(=O)c2ccnnc2)ccc1N. The predicted molar refractivity (Wildman–Crippen MR) is 65.6 cm³/mol. The Morgan fingerprint density at radius 3 is 2.76 bits per heavy atom. The minimum absolute atomic E-state index is 0.218. The molecule has 2 rings (SSSR count). The standard InChI is InChI=1S/C12H12N4O/c1-8-6-10(2-3-11(8)13)16-12(17)9-4-5-14-15-7-9/h2-7H,13H2,1H3,(H,16,17). The molecule has 1 amide bonds. The van der Waals surface area contributed by atoms with Crippen LogP contribution in [0.3, 0.4) is 0 Å². The quantitative estimate of drug-likeness (QED) is 0.765. The van der Waals surface area contributed by atoms with E-state index in [0.29, 0.717) is 16.9 Å². The molecule has 0 fully saturated rings. The highest BCUT2D eigenvalue weighted by atomic mass is 16.1. The van der Waals surface area contributed by atoms with Gasteiger partial charge >= 0.3 is 0 Å². The second kappa shape index (κ2) is 4.61. The van der Waals surface area contributed by atoms with Gasteiger partial charge in [-0.1, -0.05) is 0 Å². The lowest BCUT2D eigenvalue weighted by Crippen LogP contribution is -2.12. The number of nitrogen functional groups attached to an aromatic ring is 1. The number of hydrogen-bond acceptors (Lipinski definition) is 4. The number of amides is 1. The summed E-state index contributed by atoms with van der Waals surface area (Å²) < 4.78 is 0. The molecule has 3 N–H and O–H groups in total. The molecule has 0 aliphatic heterocycles. The molecular formula is C12H12N4O. The predicted octanol–water partition coefficient (Wildman–Crippen LogP) is 1.62. The van der Waals surface area contributed by atoms with E-state index in [4.69, 9.17) is 5.73 Å². The fourth-order valence-electron chi connectivity index (χ4n) is 1.38. The Morgan fingerprint density at radius 1 is 1.29 bits per heavy atom. The van der Waals surface area contributed by atoms with Crippen LogP contribution in [0.5, 0.6) is 0 Å². The van der Waals surface area contributed by atoms with E-state index in [1.807, 2.05) is 13.0 Å². The number of nitrogens with zero attached hydrogens (tertiary/aromatic N) is 2. The van der Waals surface area contributed by atoms with Crippen molar-refractivity contribution in [3.63, 3.8) is 0 Å². The van der Waals surface area contributed by atoms with Gasteiger partial charge in [0.05, 0.1) is 18.0 Å². The van der Waals surface area contributed by atoms with E-state index >= 15 is 0 Å². The third-order valence-electron chi connectivity index (χ3n) is 2.37. The Morgan fingerprint density at radius 2 is 2.12 bits per heavy atom. The van der Waals surface area contributed by atoms with Crippen molar-refractivity contribution < 1.29 is 4.79 Å². The van der Waals surface area contributed by atoms with E-state index in [2.05, 4.69) is 15.5 Å². The van der Waals surface area contributed by atoms with Crippen molar-refractivity contribution in [3.8, 4) is 0 Å². The van der Waals surface area contributed by atoms with Crippen LogP contribution >= 0.6 is 0 Å². The summed E-state index contributed by atoms with van der Waals surface area (Å²) in [5.74, 6) is -0.218. The van der Waals surface area contributed by atoms with E-state index in [1.165, 1.54) is 12.4 Å². The van der Waals surface area contributed by atoms with Gasteiger partial charge in [-0.25, -0.2) is 0 Å². The maximum absolute atomic E-state index is 11.8. The summed E-state index contributed by atoms with van der Waals surface area (Å²) >= 11 is 0. The van der Waals surface area contributed by atoms with Crippen LogP contribution in [0.15, 0.2) is 36.7 Å². The van der Waals surface area contributed by atoms with Crippen LogP contribution in [0.1, 0.15) is 15.9 Å². The van der Waals surface area contributed by atoms with Crippen LogP contribution in [0.4, 0.5) is 11.4 Å². The summed E-state index contributed by atoms with van der Waals surface area (Å²) in [5.41, 5.74) is 8.50. The Kier molecular flexibility index (Phi) is 3.00. The van der Waals surface area contributed by atoms with Crippen LogP contribution < -0.4 is 11.1 Å². The zero-order valence-electron chi connectivity index (χ0n) is 9.34. The molecule has 0 atom stereocenters. The van der Waals surface area contributed by atoms with Crippen molar-refractivity contribution in [1.82, 2.24) is 10.2 Å². The van der Waals surface area contributed by atoms with Gasteiger partial charge in [-0.15, -0.1) is 0 Å². The van der Waals surface area contributed by atoms with E-state index in [0.717, 1.165) is 5.56 Å². The molecule has 1 aromatic carbocycles. The second-order valence-corrected chi connectivity index (χ2v) is 3.66. The minimum Gasteiger partial charge on any atom is -0.399 e. The zero-order valence-corrected chi connectivity index (χ0v) is 9.34. The summed E-state index contributed by atoms with van der Waals surface area (Å²) in [6, 6.07) is 6.94. The largest absolute Gasteiger partial charge is 0.399 e. The third kappa shape index (κ3) is 2.57. The van der Waals surface area contributed by atoms with Gasteiger partial charge in [0.2, 0.25) is 0 Å². The third-order valence-corrected chi connectivity index (χ3v) is 2.37. The molecule has 0 aliphatic rings. The first-order chi connectivity index (χ1) is 8.16. The summed E-state index contributed by atoms with van der Waals surface area (Å²) in [7, 11) is 0. The highest BCUT2D eigenvalue weighted by molar-refractivity contribution is 6.04. The van der Waals surface area contributed by atoms with Gasteiger partial charge in [0.25, 0.3) is 5.91 Å². The number of carbonyl (C=O) groups excluding carboxylic acids is 1. The average Bonchev–Trinajstić information content (AvgIpc) is 2.35. The minimum atomic E-state index is -0.218. The molecular weight excluding hydrogens is 216 g/mol. The number of aromatic nitrogens is 2. The molecule has 0 aliphatic carbocycles. The van der Waals surface area contributed by atoms with Crippen LogP contribution in [0.25, 0.3) is 0 Å². The van der Waals surface area contributed by atoms with Gasteiger partial charge < -0.3 is 11.1 Å². The monoisotopic (exact) mass is 228 g/mol. The molecule has 0 spiro atoms. The number of carbonyl (C=O) groups is 1. The molecule has 0 bridgehead atoms. The normalized spacial score (nSPS) is 9.94. The Hall–Kier alpha value is -2.43. The maximum atomic E-state index is 11.8. The first-order valence-electron chi connectivity index (χ1n) is 5.11. The van der Waals surface area contributed by atoms with Crippen LogP contribution in [0, 0.1) is 6.92 Å². The number of hydrogen-bond donors (Lipinski definition) is 2. The molecule has 17 heavy (non-hydrogen) atoms. The van der Waals surface area contributed by atoms with E-state index in [-0.39, 0.29) is 5.91 Å². The molecule has 0 unspecified atom stereocenters. The van der Waals surface area contributed by atoms with Crippen LogP contribution in [0.2, 0.25) is 0 Å². The van der Waals surface area contributed by atoms with Crippen molar-refractivity contribution in [3.05, 3.63) is 47.8 Å². The molecule has 0 radical (unpaired) electrons.